The van der Waals surface area contributed by atoms with E-state index in [-0.39, 0.29) is 5.56 Å². The maximum absolute atomic E-state index is 12.9. The van der Waals surface area contributed by atoms with Crippen molar-refractivity contribution < 1.29 is 14.4 Å². The molecule has 0 saturated carbocycles. The van der Waals surface area contributed by atoms with Gasteiger partial charge in [0.1, 0.15) is 0 Å². The molecule has 1 aliphatic rings. The van der Waals surface area contributed by atoms with Crippen LogP contribution in [0.5, 0.6) is 0 Å². The second-order valence-electron chi connectivity index (χ2n) is 8.07. The smallest absolute Gasteiger partial charge is 0.266 e. The Bertz CT molecular complexity index is 1480. The highest BCUT2D eigenvalue weighted by atomic mass is 35.5. The van der Waals surface area contributed by atoms with Crippen molar-refractivity contribution in [3.05, 3.63) is 111 Å². The fraction of sp³-hybridized carbons (Fsp3) is 0.0769. The summed E-state index contributed by atoms with van der Waals surface area (Å²) in [5.41, 5.74) is 3.05. The molecule has 0 spiro atoms. The lowest BCUT2D eigenvalue weighted by molar-refractivity contribution is 0.0924. The van der Waals surface area contributed by atoms with Gasteiger partial charge in [0.2, 0.25) is 0 Å². The van der Waals surface area contributed by atoms with Crippen molar-refractivity contribution in [2.45, 2.75) is 13.5 Å². The summed E-state index contributed by atoms with van der Waals surface area (Å²) in [7, 11) is 0. The van der Waals surface area contributed by atoms with E-state index in [1.807, 2.05) is 13.0 Å². The molecular formula is C26H18Cl2N4O3. The fourth-order valence-corrected chi connectivity index (χ4v) is 4.26. The molecule has 1 aliphatic heterocycles. The zero-order valence-corrected chi connectivity index (χ0v) is 20.0. The summed E-state index contributed by atoms with van der Waals surface area (Å²) < 4.78 is 1.74. The average molecular weight is 505 g/mol. The molecule has 35 heavy (non-hydrogen) atoms. The number of fused-ring (bicyclic) bond motifs is 1. The number of carbonyl (C=O) groups excluding carboxylic acids is 3. The molecule has 0 unspecified atom stereocenters. The molecular weight excluding hydrogens is 487 g/mol. The number of anilines is 2. The van der Waals surface area contributed by atoms with E-state index in [1.165, 1.54) is 6.07 Å². The van der Waals surface area contributed by atoms with E-state index in [2.05, 4.69) is 10.4 Å². The number of halogens is 2. The second kappa shape index (κ2) is 9.02. The summed E-state index contributed by atoms with van der Waals surface area (Å²) in [4.78, 5) is 39.6. The largest absolute Gasteiger partial charge is 0.305 e. The Hall–Kier alpha value is -3.94. The maximum atomic E-state index is 12.9. The van der Waals surface area contributed by atoms with E-state index in [9.17, 15) is 14.4 Å². The van der Waals surface area contributed by atoms with Crippen molar-refractivity contribution in [1.82, 2.24) is 9.78 Å². The highest BCUT2D eigenvalue weighted by molar-refractivity contribution is 6.42. The fourth-order valence-electron chi connectivity index (χ4n) is 3.94. The predicted molar refractivity (Wildman–Crippen MR) is 135 cm³/mol. The molecule has 4 aromatic rings. The van der Waals surface area contributed by atoms with Crippen LogP contribution in [0.1, 0.15) is 42.3 Å². The van der Waals surface area contributed by atoms with Gasteiger partial charge in [0, 0.05) is 17.3 Å². The van der Waals surface area contributed by atoms with Crippen LogP contribution >= 0.6 is 23.2 Å². The monoisotopic (exact) mass is 504 g/mol. The second-order valence-corrected chi connectivity index (χ2v) is 8.89. The van der Waals surface area contributed by atoms with E-state index < -0.39 is 17.7 Å². The molecule has 174 valence electrons. The van der Waals surface area contributed by atoms with E-state index in [4.69, 9.17) is 23.2 Å². The molecule has 0 bridgehead atoms. The highest BCUT2D eigenvalue weighted by Crippen LogP contribution is 2.29. The van der Waals surface area contributed by atoms with Crippen LogP contribution in [0.3, 0.4) is 0 Å². The topological polar surface area (TPSA) is 84.3 Å². The van der Waals surface area contributed by atoms with Gasteiger partial charge >= 0.3 is 0 Å². The average Bonchev–Trinajstić information content (AvgIpc) is 3.32. The molecule has 1 aromatic heterocycles. The van der Waals surface area contributed by atoms with Crippen molar-refractivity contribution in [1.29, 1.82) is 0 Å². The van der Waals surface area contributed by atoms with Crippen LogP contribution in [0.25, 0.3) is 0 Å². The van der Waals surface area contributed by atoms with Crippen LogP contribution < -0.4 is 10.2 Å². The lowest BCUT2D eigenvalue weighted by atomic mass is 10.1. The van der Waals surface area contributed by atoms with E-state index in [1.54, 1.807) is 65.3 Å². The highest BCUT2D eigenvalue weighted by Gasteiger charge is 2.36. The third-order valence-electron chi connectivity index (χ3n) is 5.70. The Morgan fingerprint density at radius 2 is 1.60 bits per heavy atom. The molecule has 5 rings (SSSR count). The molecule has 7 nitrogen and oxygen atoms in total. The van der Waals surface area contributed by atoms with Gasteiger partial charge < -0.3 is 5.32 Å². The SMILES string of the molecule is Cc1cc(NC(=O)c2cccc(N3C(=O)c4ccccc4C3=O)c2)nn1Cc1ccc(Cl)c(Cl)c1. The number of hydrogen-bond donors (Lipinski definition) is 1. The zero-order valence-electron chi connectivity index (χ0n) is 18.5. The Balaban J connectivity index is 1.34. The van der Waals surface area contributed by atoms with Crippen molar-refractivity contribution >= 4 is 52.4 Å². The summed E-state index contributed by atoms with van der Waals surface area (Å²) in [6, 6.07) is 20.1. The third-order valence-corrected chi connectivity index (χ3v) is 6.44. The van der Waals surface area contributed by atoms with Gasteiger partial charge in [-0.3, -0.25) is 19.1 Å². The zero-order chi connectivity index (χ0) is 24.7. The number of aryl methyl sites for hydroxylation is 1. The Morgan fingerprint density at radius 1 is 0.886 bits per heavy atom. The van der Waals surface area contributed by atoms with Gasteiger partial charge in [-0.05, 0) is 55.0 Å². The van der Waals surface area contributed by atoms with Crippen LogP contribution in [-0.2, 0) is 6.54 Å². The first kappa shape index (κ1) is 22.8. The van der Waals surface area contributed by atoms with Gasteiger partial charge in [-0.15, -0.1) is 0 Å². The minimum Gasteiger partial charge on any atom is -0.305 e. The number of carbonyl (C=O) groups is 3. The number of nitrogens with zero attached hydrogens (tertiary/aromatic N) is 3. The molecule has 2 heterocycles. The van der Waals surface area contributed by atoms with E-state index >= 15 is 0 Å². The van der Waals surface area contributed by atoms with Crippen molar-refractivity contribution in [3.8, 4) is 0 Å². The number of imide groups is 1. The van der Waals surface area contributed by atoms with Gasteiger partial charge in [-0.2, -0.15) is 5.10 Å². The van der Waals surface area contributed by atoms with E-state index in [0.717, 1.165) is 16.2 Å². The first-order valence-corrected chi connectivity index (χ1v) is 11.4. The van der Waals surface area contributed by atoms with Gasteiger partial charge in [0.05, 0.1) is 33.4 Å². The summed E-state index contributed by atoms with van der Waals surface area (Å²) >= 11 is 12.1. The first-order chi connectivity index (χ1) is 16.8. The maximum Gasteiger partial charge on any atom is 0.266 e. The van der Waals surface area contributed by atoms with Gasteiger partial charge in [0.25, 0.3) is 17.7 Å². The van der Waals surface area contributed by atoms with Gasteiger partial charge in [0.15, 0.2) is 5.82 Å². The number of rotatable bonds is 5. The summed E-state index contributed by atoms with van der Waals surface area (Å²) in [5, 5.41) is 8.18. The van der Waals surface area contributed by atoms with Gasteiger partial charge in [-0.25, -0.2) is 4.90 Å². The molecule has 3 amide bonds. The minimum atomic E-state index is -0.417. The first-order valence-electron chi connectivity index (χ1n) is 10.7. The minimum absolute atomic E-state index is 0.288. The van der Waals surface area contributed by atoms with Crippen LogP contribution in [-0.4, -0.2) is 27.5 Å². The third kappa shape index (κ3) is 4.32. The lowest BCUT2D eigenvalue weighted by Gasteiger charge is -2.14. The van der Waals surface area contributed by atoms with Crippen LogP contribution in [0.2, 0.25) is 10.0 Å². The quantitative estimate of drug-likeness (QED) is 0.358. The number of amides is 3. The summed E-state index contributed by atoms with van der Waals surface area (Å²) in [6.45, 7) is 2.33. The number of benzene rings is 3. The van der Waals surface area contributed by atoms with Gasteiger partial charge in [-0.1, -0.05) is 47.5 Å². The predicted octanol–water partition coefficient (Wildman–Crippen LogP) is 5.60. The molecule has 0 radical (unpaired) electrons. The molecule has 3 aromatic carbocycles. The molecule has 0 atom stereocenters. The Labute approximate surface area is 210 Å². The number of hydrogen-bond acceptors (Lipinski definition) is 4. The Kier molecular flexibility index (Phi) is 5.88. The molecule has 1 N–H and O–H groups in total. The van der Waals surface area contributed by atoms with Crippen molar-refractivity contribution in [2.75, 3.05) is 10.2 Å². The van der Waals surface area contributed by atoms with Crippen LogP contribution in [0.15, 0.2) is 72.8 Å². The summed E-state index contributed by atoms with van der Waals surface area (Å²) in [6.07, 6.45) is 0. The lowest BCUT2D eigenvalue weighted by Crippen LogP contribution is -2.29. The number of nitrogens with one attached hydrogen (secondary N) is 1. The summed E-state index contributed by atoms with van der Waals surface area (Å²) in [5.74, 6) is -0.874. The van der Waals surface area contributed by atoms with Crippen molar-refractivity contribution in [3.63, 3.8) is 0 Å². The van der Waals surface area contributed by atoms with Crippen LogP contribution in [0.4, 0.5) is 11.5 Å². The standard InChI is InChI=1S/C26H18Cl2N4O3/c1-15-11-23(30-31(15)14-16-9-10-21(27)22(28)12-16)29-24(33)17-5-4-6-18(13-17)32-25(34)19-7-2-3-8-20(19)26(32)35/h2-13H,14H2,1H3,(H,29,30,33). The van der Waals surface area contributed by atoms with E-state index in [0.29, 0.717) is 39.2 Å². The Morgan fingerprint density at radius 3 is 2.29 bits per heavy atom. The molecule has 0 saturated heterocycles. The molecule has 0 fully saturated rings. The normalized spacial score (nSPS) is 12.7. The number of aromatic nitrogens is 2. The molecule has 0 aliphatic carbocycles. The van der Waals surface area contributed by atoms with Crippen LogP contribution in [0, 0.1) is 6.92 Å². The van der Waals surface area contributed by atoms with Crippen molar-refractivity contribution in [2.24, 2.45) is 0 Å². The molecule has 9 heteroatoms.